The van der Waals surface area contributed by atoms with E-state index in [1.165, 1.54) is 17.3 Å². The van der Waals surface area contributed by atoms with Crippen LogP contribution in [-0.4, -0.2) is 47.8 Å². The van der Waals surface area contributed by atoms with Crippen molar-refractivity contribution in [1.29, 1.82) is 0 Å². The molecule has 0 aliphatic rings. The molecule has 0 amide bonds. The third kappa shape index (κ3) is 4.18. The van der Waals surface area contributed by atoms with Gasteiger partial charge in [-0.05, 0) is 11.6 Å². The average Bonchev–Trinajstić information content (AvgIpc) is 2.92. The fourth-order valence-electron chi connectivity index (χ4n) is 1.23. The lowest BCUT2D eigenvalue weighted by Gasteiger charge is -2.05. The van der Waals surface area contributed by atoms with Gasteiger partial charge in [-0.1, -0.05) is 6.08 Å². The number of halogens is 1. The summed E-state index contributed by atoms with van der Waals surface area (Å²) in [5.74, 6) is 2.60. The Labute approximate surface area is 119 Å². The third-order valence-corrected chi connectivity index (χ3v) is 3.12. The summed E-state index contributed by atoms with van der Waals surface area (Å²) in [5.41, 5.74) is 0. The largest absolute Gasteiger partial charge is 0.353 e. The van der Waals surface area contributed by atoms with Crippen molar-refractivity contribution in [3.05, 3.63) is 30.6 Å². The molecule has 19 heavy (non-hydrogen) atoms. The maximum Gasteiger partial charge on any atom is 0.258 e. The molecule has 2 aromatic rings. The molecule has 2 heterocycles. The van der Waals surface area contributed by atoms with Crippen molar-refractivity contribution in [2.75, 3.05) is 23.4 Å². The second-order valence-corrected chi connectivity index (χ2v) is 4.85. The quantitative estimate of drug-likeness (QED) is 0.611. The van der Waals surface area contributed by atoms with Crippen molar-refractivity contribution in [2.45, 2.75) is 0 Å². The van der Waals surface area contributed by atoms with Crippen LogP contribution in [0.1, 0.15) is 0 Å². The normalized spacial score (nSPS) is 10.4. The molecule has 0 aromatic carbocycles. The maximum atomic E-state index is 5.85. The van der Waals surface area contributed by atoms with Crippen molar-refractivity contribution < 1.29 is 0 Å². The zero-order chi connectivity index (χ0) is 13.5. The fourth-order valence-corrected chi connectivity index (χ4v) is 1.97. The Hall–Kier alpha value is -1.67. The minimum Gasteiger partial charge on any atom is -0.353 e. The highest BCUT2D eigenvalue weighted by Gasteiger charge is 2.06. The van der Waals surface area contributed by atoms with Crippen molar-refractivity contribution in [1.82, 2.24) is 29.7 Å². The number of anilines is 1. The molecule has 2 aromatic heterocycles. The van der Waals surface area contributed by atoms with Crippen LogP contribution in [0.2, 0.25) is 5.28 Å². The Morgan fingerprint density at radius 3 is 3.05 bits per heavy atom. The number of nitrogens with one attached hydrogen (secondary N) is 1. The second kappa shape index (κ2) is 7.05. The number of rotatable bonds is 7. The van der Waals surface area contributed by atoms with Crippen LogP contribution < -0.4 is 5.32 Å². The summed E-state index contributed by atoms with van der Waals surface area (Å²) in [4.78, 5) is 16.0. The first kappa shape index (κ1) is 13.8. The van der Waals surface area contributed by atoms with Crippen LogP contribution in [-0.2, 0) is 0 Å². The predicted octanol–water partition coefficient (Wildman–Crippen LogP) is 1.44. The lowest BCUT2D eigenvalue weighted by atomic mass is 10.7. The topological polar surface area (TPSA) is 81.4 Å². The van der Waals surface area contributed by atoms with Gasteiger partial charge in [0, 0.05) is 18.1 Å². The summed E-state index contributed by atoms with van der Waals surface area (Å²) >= 11 is 7.61. The summed E-state index contributed by atoms with van der Waals surface area (Å²) in [6.07, 6.45) is 4.76. The van der Waals surface area contributed by atoms with Gasteiger partial charge in [0.25, 0.3) is 5.95 Å². The molecule has 9 heteroatoms. The number of thioether (sulfide) groups is 1. The van der Waals surface area contributed by atoms with Crippen molar-refractivity contribution in [3.63, 3.8) is 0 Å². The molecule has 1 N–H and O–H groups in total. The van der Waals surface area contributed by atoms with Gasteiger partial charge in [-0.25, -0.2) is 4.98 Å². The third-order valence-electron chi connectivity index (χ3n) is 1.99. The van der Waals surface area contributed by atoms with Crippen molar-refractivity contribution >= 4 is 29.3 Å². The van der Waals surface area contributed by atoms with E-state index in [0.717, 1.165) is 18.1 Å². The van der Waals surface area contributed by atoms with E-state index < -0.39 is 0 Å². The minimum absolute atomic E-state index is 0.113. The SMILES string of the molecule is C=CCSCCNc1nc(Cl)nc(-n2cncn2)n1. The molecule has 100 valence electrons. The lowest BCUT2D eigenvalue weighted by Crippen LogP contribution is -2.11. The molecule has 0 bridgehead atoms. The number of aromatic nitrogens is 6. The first-order valence-electron chi connectivity index (χ1n) is 5.48. The van der Waals surface area contributed by atoms with Gasteiger partial charge < -0.3 is 5.32 Å². The highest BCUT2D eigenvalue weighted by atomic mass is 35.5. The van der Waals surface area contributed by atoms with Crippen LogP contribution in [0.25, 0.3) is 5.95 Å². The van der Waals surface area contributed by atoms with E-state index in [9.17, 15) is 0 Å². The maximum absolute atomic E-state index is 5.85. The van der Waals surface area contributed by atoms with E-state index in [0.29, 0.717) is 11.9 Å². The van der Waals surface area contributed by atoms with Gasteiger partial charge in [0.05, 0.1) is 0 Å². The molecule has 0 radical (unpaired) electrons. The number of nitrogens with zero attached hydrogens (tertiary/aromatic N) is 6. The molecule has 2 rings (SSSR count). The highest BCUT2D eigenvalue weighted by molar-refractivity contribution is 7.99. The molecule has 0 aliphatic heterocycles. The molecule has 0 saturated carbocycles. The van der Waals surface area contributed by atoms with E-state index >= 15 is 0 Å². The molecule has 0 atom stereocenters. The van der Waals surface area contributed by atoms with Crippen molar-refractivity contribution in [2.24, 2.45) is 0 Å². The Morgan fingerprint density at radius 1 is 1.42 bits per heavy atom. The summed E-state index contributed by atoms with van der Waals surface area (Å²) in [6.45, 7) is 4.39. The highest BCUT2D eigenvalue weighted by Crippen LogP contribution is 2.08. The van der Waals surface area contributed by atoms with E-state index in [-0.39, 0.29) is 5.28 Å². The number of hydrogen-bond donors (Lipinski definition) is 1. The first-order chi connectivity index (χ1) is 9.29. The van der Waals surface area contributed by atoms with Gasteiger partial charge in [-0.15, -0.1) is 6.58 Å². The van der Waals surface area contributed by atoms with Gasteiger partial charge in [0.1, 0.15) is 12.7 Å². The van der Waals surface area contributed by atoms with Crippen LogP contribution in [0.3, 0.4) is 0 Å². The van der Waals surface area contributed by atoms with Gasteiger partial charge >= 0.3 is 0 Å². The lowest BCUT2D eigenvalue weighted by molar-refractivity contribution is 0.794. The van der Waals surface area contributed by atoms with Crippen LogP contribution in [0.5, 0.6) is 0 Å². The predicted molar refractivity (Wildman–Crippen MR) is 75.8 cm³/mol. The average molecular weight is 298 g/mol. The van der Waals surface area contributed by atoms with Crippen LogP contribution in [0.4, 0.5) is 5.95 Å². The zero-order valence-corrected chi connectivity index (χ0v) is 11.6. The summed E-state index contributed by atoms with van der Waals surface area (Å²) in [7, 11) is 0. The molecule has 0 aliphatic carbocycles. The molecule has 0 unspecified atom stereocenters. The standard InChI is InChI=1S/C10H12ClN7S/c1-2-4-19-5-3-13-9-15-8(11)16-10(17-9)18-7-12-6-14-18/h2,6-7H,1,3-5H2,(H,13,15,16,17). The van der Waals surface area contributed by atoms with E-state index in [1.54, 1.807) is 11.8 Å². The van der Waals surface area contributed by atoms with Crippen LogP contribution >= 0.6 is 23.4 Å². The van der Waals surface area contributed by atoms with Gasteiger partial charge in [0.15, 0.2) is 0 Å². The summed E-state index contributed by atoms with van der Waals surface area (Å²) < 4.78 is 1.42. The molecular weight excluding hydrogens is 286 g/mol. The second-order valence-electron chi connectivity index (χ2n) is 3.36. The number of hydrogen-bond acceptors (Lipinski definition) is 7. The van der Waals surface area contributed by atoms with Gasteiger partial charge in [0.2, 0.25) is 11.2 Å². The van der Waals surface area contributed by atoms with Crippen LogP contribution in [0.15, 0.2) is 25.3 Å². The smallest absolute Gasteiger partial charge is 0.258 e. The summed E-state index contributed by atoms with van der Waals surface area (Å²) in [6, 6.07) is 0. The van der Waals surface area contributed by atoms with E-state index in [1.807, 2.05) is 6.08 Å². The molecule has 0 fully saturated rings. The van der Waals surface area contributed by atoms with Crippen LogP contribution in [0, 0.1) is 0 Å². The van der Waals surface area contributed by atoms with Crippen molar-refractivity contribution in [3.8, 4) is 5.95 Å². The zero-order valence-electron chi connectivity index (χ0n) is 10.0. The molecular formula is C10H12ClN7S. The Morgan fingerprint density at radius 2 is 2.32 bits per heavy atom. The molecule has 7 nitrogen and oxygen atoms in total. The monoisotopic (exact) mass is 297 g/mol. The summed E-state index contributed by atoms with van der Waals surface area (Å²) in [5, 5.41) is 7.14. The Kier molecular flexibility index (Phi) is 5.10. The molecule has 0 saturated heterocycles. The van der Waals surface area contributed by atoms with Gasteiger partial charge in [-0.2, -0.15) is 36.5 Å². The van der Waals surface area contributed by atoms with E-state index in [2.05, 4.69) is 36.9 Å². The van der Waals surface area contributed by atoms with Gasteiger partial charge in [-0.3, -0.25) is 0 Å². The molecule has 0 spiro atoms. The minimum atomic E-state index is 0.113. The Bertz CT molecular complexity index is 531. The van der Waals surface area contributed by atoms with E-state index in [4.69, 9.17) is 11.6 Å². The fraction of sp³-hybridized carbons (Fsp3) is 0.300. The first-order valence-corrected chi connectivity index (χ1v) is 7.02. The Balaban J connectivity index is 1.99.